The molecule has 4 heteroatoms. The van der Waals surface area contributed by atoms with Crippen LogP contribution in [0.15, 0.2) is 65.1 Å². The van der Waals surface area contributed by atoms with Crippen LogP contribution in [0.2, 0.25) is 0 Å². The van der Waals surface area contributed by atoms with Crippen molar-refractivity contribution < 1.29 is 9.53 Å². The minimum absolute atomic E-state index is 0.293. The zero-order chi connectivity index (χ0) is 15.6. The fourth-order valence-corrected chi connectivity index (χ4v) is 2.09. The van der Waals surface area contributed by atoms with Crippen molar-refractivity contribution in [3.63, 3.8) is 0 Å². The van der Waals surface area contributed by atoms with Gasteiger partial charge in [-0.15, -0.1) is 0 Å². The summed E-state index contributed by atoms with van der Waals surface area (Å²) < 4.78 is 6.19. The van der Waals surface area contributed by atoms with Crippen molar-refractivity contribution in [3.8, 4) is 0 Å². The molecular formula is C18H18BrNO2. The fourth-order valence-electron chi connectivity index (χ4n) is 1.83. The van der Waals surface area contributed by atoms with Gasteiger partial charge < -0.3 is 10.1 Å². The average Bonchev–Trinajstić information content (AvgIpc) is 2.55. The number of halogens is 1. The van der Waals surface area contributed by atoms with Gasteiger partial charge in [0.2, 0.25) is 0 Å². The van der Waals surface area contributed by atoms with E-state index >= 15 is 0 Å². The average molecular weight is 360 g/mol. The first-order chi connectivity index (χ1) is 10.7. The maximum atomic E-state index is 11.5. The zero-order valence-corrected chi connectivity index (χ0v) is 13.8. The molecule has 0 unspecified atom stereocenters. The lowest BCUT2D eigenvalue weighted by molar-refractivity contribution is 0.140. The second kappa shape index (κ2) is 9.05. The molecule has 0 aromatic heterocycles. The van der Waals surface area contributed by atoms with Crippen LogP contribution < -0.4 is 5.32 Å². The Balaban J connectivity index is 1.61. The van der Waals surface area contributed by atoms with Crippen LogP contribution in [0, 0.1) is 0 Å². The summed E-state index contributed by atoms with van der Waals surface area (Å²) in [5.41, 5.74) is 2.11. The van der Waals surface area contributed by atoms with E-state index in [0.29, 0.717) is 13.2 Å². The smallest absolute Gasteiger partial charge is 0.407 e. The largest absolute Gasteiger partial charge is 0.445 e. The van der Waals surface area contributed by atoms with Crippen molar-refractivity contribution in [2.45, 2.75) is 13.0 Å². The highest BCUT2D eigenvalue weighted by Gasteiger charge is 2.00. The Morgan fingerprint density at radius 1 is 1.09 bits per heavy atom. The molecular weight excluding hydrogens is 342 g/mol. The van der Waals surface area contributed by atoms with Gasteiger partial charge in [0.1, 0.15) is 6.61 Å². The van der Waals surface area contributed by atoms with E-state index in [1.54, 1.807) is 0 Å². The summed E-state index contributed by atoms with van der Waals surface area (Å²) >= 11 is 3.40. The van der Waals surface area contributed by atoms with Crippen LogP contribution in [0.4, 0.5) is 4.79 Å². The van der Waals surface area contributed by atoms with Crippen LogP contribution in [0.3, 0.4) is 0 Å². The van der Waals surface area contributed by atoms with E-state index in [4.69, 9.17) is 4.74 Å². The quantitative estimate of drug-likeness (QED) is 0.753. The van der Waals surface area contributed by atoms with Gasteiger partial charge in [-0.3, -0.25) is 0 Å². The number of rotatable bonds is 6. The third kappa shape index (κ3) is 6.14. The topological polar surface area (TPSA) is 38.3 Å². The molecule has 0 saturated heterocycles. The Kier molecular flexibility index (Phi) is 6.71. The highest BCUT2D eigenvalue weighted by molar-refractivity contribution is 9.10. The summed E-state index contributed by atoms with van der Waals surface area (Å²) in [6.07, 6.45) is 4.43. The third-order valence-corrected chi connectivity index (χ3v) is 3.50. The number of hydrogen-bond donors (Lipinski definition) is 1. The zero-order valence-electron chi connectivity index (χ0n) is 12.2. The number of nitrogens with one attached hydrogen (secondary N) is 1. The fraction of sp³-hybridized carbons (Fsp3) is 0.167. The Bertz CT molecular complexity index is 609. The number of carbonyl (C=O) groups is 1. The SMILES string of the molecule is O=C(NCC/C=C/c1ccc(Br)cc1)OCc1ccccc1. The first kappa shape index (κ1) is 16.3. The molecule has 0 spiro atoms. The maximum Gasteiger partial charge on any atom is 0.407 e. The Morgan fingerprint density at radius 3 is 2.55 bits per heavy atom. The molecule has 1 N–H and O–H groups in total. The number of ether oxygens (including phenoxy) is 1. The number of carbonyl (C=O) groups excluding carboxylic acids is 1. The highest BCUT2D eigenvalue weighted by Crippen LogP contribution is 2.11. The van der Waals surface area contributed by atoms with Gasteiger partial charge in [-0.2, -0.15) is 0 Å². The monoisotopic (exact) mass is 359 g/mol. The molecule has 0 atom stereocenters. The molecule has 114 valence electrons. The molecule has 0 heterocycles. The standard InChI is InChI=1S/C18H18BrNO2/c19-17-11-9-15(10-12-17)6-4-5-13-20-18(21)22-14-16-7-2-1-3-8-16/h1-4,6-12H,5,13-14H2,(H,20,21)/b6-4+. The van der Waals surface area contributed by atoms with Gasteiger partial charge in [0, 0.05) is 11.0 Å². The molecule has 1 amide bonds. The van der Waals surface area contributed by atoms with E-state index in [1.165, 1.54) is 0 Å². The van der Waals surface area contributed by atoms with Crippen LogP contribution in [-0.2, 0) is 11.3 Å². The van der Waals surface area contributed by atoms with Crippen molar-refractivity contribution in [1.29, 1.82) is 0 Å². The summed E-state index contributed by atoms with van der Waals surface area (Å²) in [6, 6.07) is 17.7. The summed E-state index contributed by atoms with van der Waals surface area (Å²) in [5, 5.41) is 2.73. The van der Waals surface area contributed by atoms with Gasteiger partial charge in [-0.25, -0.2) is 4.79 Å². The first-order valence-corrected chi connectivity index (χ1v) is 7.90. The van der Waals surface area contributed by atoms with Crippen molar-refractivity contribution in [2.75, 3.05) is 6.54 Å². The summed E-state index contributed by atoms with van der Waals surface area (Å²) in [5.74, 6) is 0. The van der Waals surface area contributed by atoms with Crippen molar-refractivity contribution >= 4 is 28.1 Å². The van der Waals surface area contributed by atoms with Crippen molar-refractivity contribution in [1.82, 2.24) is 5.32 Å². The predicted octanol–water partition coefficient (Wildman–Crippen LogP) is 4.78. The van der Waals surface area contributed by atoms with Crippen LogP contribution in [0.1, 0.15) is 17.5 Å². The van der Waals surface area contributed by atoms with E-state index in [0.717, 1.165) is 22.0 Å². The molecule has 0 saturated carbocycles. The van der Waals surface area contributed by atoms with Gasteiger partial charge in [-0.05, 0) is 29.7 Å². The number of hydrogen-bond acceptors (Lipinski definition) is 2. The van der Waals surface area contributed by atoms with E-state index in [-0.39, 0.29) is 6.09 Å². The second-order valence-corrected chi connectivity index (χ2v) is 5.65. The first-order valence-electron chi connectivity index (χ1n) is 7.11. The molecule has 0 radical (unpaired) electrons. The van der Waals surface area contributed by atoms with Gasteiger partial charge in [-0.1, -0.05) is 70.5 Å². The summed E-state index contributed by atoms with van der Waals surface area (Å²) in [4.78, 5) is 11.5. The Labute approximate surface area is 139 Å². The van der Waals surface area contributed by atoms with Crippen LogP contribution in [0.5, 0.6) is 0 Å². The normalized spacial score (nSPS) is 10.6. The predicted molar refractivity (Wildman–Crippen MR) is 92.4 cm³/mol. The molecule has 22 heavy (non-hydrogen) atoms. The van der Waals surface area contributed by atoms with E-state index in [1.807, 2.05) is 66.7 Å². The van der Waals surface area contributed by atoms with E-state index in [9.17, 15) is 4.79 Å². The maximum absolute atomic E-state index is 11.5. The molecule has 3 nitrogen and oxygen atoms in total. The lowest BCUT2D eigenvalue weighted by Gasteiger charge is -2.05. The third-order valence-electron chi connectivity index (χ3n) is 2.97. The molecule has 2 aromatic rings. The minimum Gasteiger partial charge on any atom is -0.445 e. The van der Waals surface area contributed by atoms with Crippen LogP contribution in [-0.4, -0.2) is 12.6 Å². The molecule has 2 rings (SSSR count). The minimum atomic E-state index is -0.388. The molecule has 0 aliphatic carbocycles. The number of alkyl carbamates (subject to hydrolysis) is 1. The lowest BCUT2D eigenvalue weighted by atomic mass is 10.2. The van der Waals surface area contributed by atoms with E-state index < -0.39 is 0 Å². The second-order valence-electron chi connectivity index (χ2n) is 4.73. The highest BCUT2D eigenvalue weighted by atomic mass is 79.9. The van der Waals surface area contributed by atoms with Gasteiger partial charge in [0.25, 0.3) is 0 Å². The summed E-state index contributed by atoms with van der Waals surface area (Å²) in [6.45, 7) is 0.849. The van der Waals surface area contributed by atoms with Crippen LogP contribution >= 0.6 is 15.9 Å². The Hall–Kier alpha value is -2.07. The lowest BCUT2D eigenvalue weighted by Crippen LogP contribution is -2.24. The molecule has 0 aliphatic heterocycles. The van der Waals surface area contributed by atoms with Crippen molar-refractivity contribution in [2.24, 2.45) is 0 Å². The van der Waals surface area contributed by atoms with Crippen molar-refractivity contribution in [3.05, 3.63) is 76.3 Å². The molecule has 0 bridgehead atoms. The van der Waals surface area contributed by atoms with Gasteiger partial charge >= 0.3 is 6.09 Å². The molecule has 2 aromatic carbocycles. The number of amides is 1. The molecule has 0 aliphatic rings. The number of benzene rings is 2. The van der Waals surface area contributed by atoms with E-state index in [2.05, 4.69) is 21.2 Å². The van der Waals surface area contributed by atoms with Gasteiger partial charge in [0.05, 0.1) is 0 Å². The molecule has 0 fully saturated rings. The Morgan fingerprint density at radius 2 is 1.82 bits per heavy atom. The summed E-state index contributed by atoms with van der Waals surface area (Å²) in [7, 11) is 0. The van der Waals surface area contributed by atoms with Gasteiger partial charge in [0.15, 0.2) is 0 Å². The van der Waals surface area contributed by atoms with Crippen LogP contribution in [0.25, 0.3) is 6.08 Å².